The van der Waals surface area contributed by atoms with Gasteiger partial charge in [-0.3, -0.25) is 0 Å². The molecule has 1 rings (SSSR count). The molecule has 0 aliphatic rings. The van der Waals surface area contributed by atoms with E-state index in [1.54, 1.807) is 6.92 Å². The lowest BCUT2D eigenvalue weighted by atomic mass is 10.3. The van der Waals surface area contributed by atoms with Gasteiger partial charge in [0, 0.05) is 5.69 Å². The van der Waals surface area contributed by atoms with Gasteiger partial charge in [-0.15, -0.1) is 6.42 Å². The molecule has 0 amide bonds. The summed E-state index contributed by atoms with van der Waals surface area (Å²) in [6.45, 7) is 1.60. The highest BCUT2D eigenvalue weighted by atomic mass is 32.2. The Balaban J connectivity index is 3.30. The Morgan fingerprint density at radius 1 is 1.33 bits per heavy atom. The van der Waals surface area contributed by atoms with E-state index >= 15 is 0 Å². The first kappa shape index (κ1) is 13.9. The quantitative estimate of drug-likeness (QED) is 0.490. The van der Waals surface area contributed by atoms with E-state index in [4.69, 9.17) is 17.9 Å². The first-order chi connectivity index (χ1) is 8.41. The van der Waals surface area contributed by atoms with Crippen LogP contribution in [0, 0.1) is 12.3 Å². The monoisotopic (exact) mass is 262 g/mol. The summed E-state index contributed by atoms with van der Waals surface area (Å²) < 4.78 is 24.5. The number of nitrogens with two attached hydrogens (primary N) is 2. The molecule has 0 bridgehead atoms. The average Bonchev–Trinajstić information content (AvgIpc) is 2.35. The van der Waals surface area contributed by atoms with Gasteiger partial charge in [-0.2, -0.15) is 0 Å². The molecule has 0 radical (unpaired) electrons. The molecule has 94 valence electrons. The van der Waals surface area contributed by atoms with Gasteiger partial charge in [-0.1, -0.05) is 12.0 Å². The number of allylic oxidation sites excluding steroid dienone is 3. The molecular formula is C13H14N2O2S. The molecule has 0 unspecified atom stereocenters. The molecule has 4 N–H and O–H groups in total. The molecule has 0 aromatic heterocycles. The lowest BCUT2D eigenvalue weighted by molar-refractivity contribution is 0.603. The van der Waals surface area contributed by atoms with Crippen LogP contribution in [0.3, 0.4) is 0 Å². The van der Waals surface area contributed by atoms with E-state index in [2.05, 4.69) is 5.92 Å². The van der Waals surface area contributed by atoms with Crippen LogP contribution in [0.25, 0.3) is 0 Å². The third kappa shape index (κ3) is 2.93. The van der Waals surface area contributed by atoms with Gasteiger partial charge in [0.05, 0.1) is 15.5 Å². The van der Waals surface area contributed by atoms with Crippen LogP contribution in [-0.2, 0) is 9.84 Å². The molecule has 0 aliphatic carbocycles. The third-order valence-electron chi connectivity index (χ3n) is 2.25. The summed E-state index contributed by atoms with van der Waals surface area (Å²) in [6.07, 6.45) is 7.79. The largest absolute Gasteiger partial charge is 0.399 e. The molecule has 0 saturated heterocycles. The number of terminal acetylenes is 1. The second-order valence-corrected chi connectivity index (χ2v) is 5.46. The van der Waals surface area contributed by atoms with Gasteiger partial charge in [-0.25, -0.2) is 8.42 Å². The summed E-state index contributed by atoms with van der Waals surface area (Å²) in [4.78, 5) is 0.202. The van der Waals surface area contributed by atoms with Crippen molar-refractivity contribution < 1.29 is 8.42 Å². The predicted molar refractivity (Wildman–Crippen MR) is 72.9 cm³/mol. The molecule has 0 spiro atoms. The van der Waals surface area contributed by atoms with E-state index in [0.29, 0.717) is 5.69 Å². The molecule has 5 heteroatoms. The van der Waals surface area contributed by atoms with Crippen molar-refractivity contribution in [3.63, 3.8) is 0 Å². The molecular weight excluding hydrogens is 248 g/mol. The Labute approximate surface area is 107 Å². The molecule has 1 aromatic rings. The van der Waals surface area contributed by atoms with Crippen LogP contribution in [0.15, 0.2) is 51.9 Å². The van der Waals surface area contributed by atoms with Crippen LogP contribution in [0.1, 0.15) is 6.92 Å². The minimum atomic E-state index is -3.62. The fourth-order valence-electron chi connectivity index (χ4n) is 1.29. The Bertz CT molecular complexity index is 633. The fourth-order valence-corrected chi connectivity index (χ4v) is 2.65. The van der Waals surface area contributed by atoms with Crippen molar-refractivity contribution in [1.82, 2.24) is 0 Å². The standard InChI is InChI=1S/C13H14N2O2S/c1-3-10(14)9-12(4-2)18(16,17)13-7-5-11(15)6-8-13/h1,4-9H,14-15H2,2H3/b10-9+,12-4+. The number of nitrogen functional groups attached to an aromatic ring is 1. The molecule has 0 fully saturated rings. The third-order valence-corrected chi connectivity index (χ3v) is 4.12. The maximum Gasteiger partial charge on any atom is 0.206 e. The zero-order valence-corrected chi connectivity index (χ0v) is 10.7. The normalized spacial score (nSPS) is 13.1. The highest BCUT2D eigenvalue weighted by Gasteiger charge is 2.18. The van der Waals surface area contributed by atoms with Crippen LogP contribution >= 0.6 is 0 Å². The van der Waals surface area contributed by atoms with E-state index in [0.717, 1.165) is 0 Å². The van der Waals surface area contributed by atoms with Crippen LogP contribution in [0.4, 0.5) is 5.69 Å². The zero-order chi connectivity index (χ0) is 13.8. The number of hydrogen-bond acceptors (Lipinski definition) is 4. The number of hydrogen-bond donors (Lipinski definition) is 2. The molecule has 4 nitrogen and oxygen atoms in total. The van der Waals surface area contributed by atoms with Crippen LogP contribution in [0.5, 0.6) is 0 Å². The minimum absolute atomic E-state index is 0.0575. The maximum absolute atomic E-state index is 12.2. The molecule has 1 aromatic carbocycles. The van der Waals surface area contributed by atoms with Gasteiger partial charge in [0.1, 0.15) is 0 Å². The van der Waals surface area contributed by atoms with Crippen molar-refractivity contribution in [2.24, 2.45) is 5.73 Å². The molecule has 0 saturated carbocycles. The van der Waals surface area contributed by atoms with Crippen molar-refractivity contribution in [2.45, 2.75) is 11.8 Å². The first-order valence-electron chi connectivity index (χ1n) is 5.12. The topological polar surface area (TPSA) is 86.2 Å². The zero-order valence-electron chi connectivity index (χ0n) is 9.92. The van der Waals surface area contributed by atoms with E-state index in [1.807, 2.05) is 0 Å². The van der Waals surface area contributed by atoms with Crippen molar-refractivity contribution in [1.29, 1.82) is 0 Å². The molecule has 0 atom stereocenters. The van der Waals surface area contributed by atoms with Gasteiger partial charge >= 0.3 is 0 Å². The summed E-state index contributed by atoms with van der Waals surface area (Å²) >= 11 is 0. The SMILES string of the molecule is C#C/C(N)=C\C(=C/C)S(=O)(=O)c1ccc(N)cc1. The Hall–Kier alpha value is -2.19. The second kappa shape index (κ2) is 5.43. The van der Waals surface area contributed by atoms with Gasteiger partial charge in [0.2, 0.25) is 9.84 Å². The van der Waals surface area contributed by atoms with Crippen molar-refractivity contribution >= 4 is 15.5 Å². The van der Waals surface area contributed by atoms with Crippen molar-refractivity contribution in [3.05, 3.63) is 47.0 Å². The predicted octanol–water partition coefficient (Wildman–Crippen LogP) is 1.42. The van der Waals surface area contributed by atoms with E-state index < -0.39 is 9.84 Å². The fraction of sp³-hybridized carbons (Fsp3) is 0.0769. The first-order valence-corrected chi connectivity index (χ1v) is 6.61. The van der Waals surface area contributed by atoms with Gasteiger partial charge < -0.3 is 11.5 Å². The number of rotatable bonds is 3. The van der Waals surface area contributed by atoms with Crippen LogP contribution in [-0.4, -0.2) is 8.42 Å². The molecule has 0 aliphatic heterocycles. The summed E-state index contributed by atoms with van der Waals surface area (Å²) in [5.74, 6) is 2.18. The summed E-state index contributed by atoms with van der Waals surface area (Å²) in [5, 5.41) is 0. The van der Waals surface area contributed by atoms with Crippen molar-refractivity contribution in [2.75, 3.05) is 5.73 Å². The van der Waals surface area contributed by atoms with E-state index in [1.165, 1.54) is 36.4 Å². The molecule has 18 heavy (non-hydrogen) atoms. The van der Waals surface area contributed by atoms with E-state index in [9.17, 15) is 8.42 Å². The second-order valence-electron chi connectivity index (χ2n) is 3.51. The van der Waals surface area contributed by atoms with Gasteiger partial charge in [0.15, 0.2) is 0 Å². The molecule has 0 heterocycles. The number of benzene rings is 1. The smallest absolute Gasteiger partial charge is 0.206 e. The van der Waals surface area contributed by atoms with Crippen molar-refractivity contribution in [3.8, 4) is 12.3 Å². The van der Waals surface area contributed by atoms with Crippen LogP contribution < -0.4 is 11.5 Å². The highest BCUT2D eigenvalue weighted by molar-refractivity contribution is 7.95. The van der Waals surface area contributed by atoms with E-state index in [-0.39, 0.29) is 15.5 Å². The summed E-state index contributed by atoms with van der Waals surface area (Å²) in [6, 6.07) is 5.92. The van der Waals surface area contributed by atoms with Gasteiger partial charge in [-0.05, 0) is 37.3 Å². The summed E-state index contributed by atoms with van der Waals surface area (Å²) in [7, 11) is -3.62. The number of anilines is 1. The Morgan fingerprint density at radius 2 is 1.89 bits per heavy atom. The Morgan fingerprint density at radius 3 is 2.33 bits per heavy atom. The summed E-state index contributed by atoms with van der Waals surface area (Å²) in [5.41, 5.74) is 11.5. The average molecular weight is 262 g/mol. The van der Waals surface area contributed by atoms with Crippen LogP contribution in [0.2, 0.25) is 0 Å². The highest BCUT2D eigenvalue weighted by Crippen LogP contribution is 2.21. The minimum Gasteiger partial charge on any atom is -0.399 e. The Kier molecular flexibility index (Phi) is 4.18. The van der Waals surface area contributed by atoms with Gasteiger partial charge in [0.25, 0.3) is 0 Å². The lowest BCUT2D eigenvalue weighted by Crippen LogP contribution is -2.05. The maximum atomic E-state index is 12.2. The number of sulfone groups is 1. The lowest BCUT2D eigenvalue weighted by Gasteiger charge is -2.05.